The van der Waals surface area contributed by atoms with Gasteiger partial charge in [0, 0.05) is 48.7 Å². The van der Waals surface area contributed by atoms with Gasteiger partial charge in [0.1, 0.15) is 11.3 Å². The maximum absolute atomic E-state index is 13.3. The molecule has 2 N–H and O–H groups in total. The van der Waals surface area contributed by atoms with Crippen molar-refractivity contribution in [3.8, 4) is 5.75 Å². The number of H-pyrrole nitrogens is 2. The fraction of sp³-hybridized carbons (Fsp3) is 0.333. The van der Waals surface area contributed by atoms with Crippen molar-refractivity contribution in [2.24, 2.45) is 0 Å². The normalized spacial score (nSPS) is 16.4. The van der Waals surface area contributed by atoms with E-state index in [1.807, 2.05) is 13.0 Å². The monoisotopic (exact) mass is 447 g/mol. The van der Waals surface area contributed by atoms with Gasteiger partial charge in [-0.15, -0.1) is 0 Å². The van der Waals surface area contributed by atoms with Crippen LogP contribution in [0.4, 0.5) is 0 Å². The number of aryl methyl sites for hydroxylation is 1. The fourth-order valence-electron chi connectivity index (χ4n) is 4.59. The third-order valence-electron chi connectivity index (χ3n) is 6.36. The lowest BCUT2D eigenvalue weighted by molar-refractivity contribution is 0.0704. The Morgan fingerprint density at radius 1 is 1.27 bits per heavy atom. The quantitative estimate of drug-likeness (QED) is 0.499. The number of likely N-dealkylation sites (tertiary alicyclic amines) is 1. The molecule has 4 aromatic rings. The number of benzene rings is 1. The van der Waals surface area contributed by atoms with Crippen LogP contribution in [0.1, 0.15) is 47.4 Å². The van der Waals surface area contributed by atoms with Crippen molar-refractivity contribution in [1.29, 1.82) is 0 Å². The number of amides is 1. The van der Waals surface area contributed by atoms with Gasteiger partial charge in [-0.3, -0.25) is 19.5 Å². The second kappa shape index (κ2) is 8.23. The van der Waals surface area contributed by atoms with Crippen molar-refractivity contribution in [2.45, 2.75) is 32.1 Å². The summed E-state index contributed by atoms with van der Waals surface area (Å²) in [6.45, 7) is 2.99. The van der Waals surface area contributed by atoms with Gasteiger partial charge in [0.05, 0.1) is 18.0 Å². The first-order chi connectivity index (χ1) is 16.0. The largest absolute Gasteiger partial charge is 0.495 e. The Kier molecular flexibility index (Phi) is 5.24. The van der Waals surface area contributed by atoms with Gasteiger partial charge in [0.25, 0.3) is 11.5 Å². The molecule has 5 rings (SSSR count). The number of hydrogen-bond acceptors (Lipinski definition) is 5. The first-order valence-corrected chi connectivity index (χ1v) is 11.1. The van der Waals surface area contributed by atoms with E-state index in [0.717, 1.165) is 24.2 Å². The van der Waals surface area contributed by atoms with Crippen molar-refractivity contribution < 1.29 is 9.53 Å². The molecule has 0 saturated carbocycles. The van der Waals surface area contributed by atoms with E-state index in [2.05, 4.69) is 15.1 Å². The van der Waals surface area contributed by atoms with Crippen molar-refractivity contribution in [3.63, 3.8) is 0 Å². The van der Waals surface area contributed by atoms with Gasteiger partial charge in [-0.2, -0.15) is 0 Å². The zero-order valence-corrected chi connectivity index (χ0v) is 18.6. The number of aromatic nitrogens is 4. The molecule has 33 heavy (non-hydrogen) atoms. The Morgan fingerprint density at radius 2 is 2.12 bits per heavy atom. The SMILES string of the molecule is CCc1cc(=O)n2[nH]c(C3CCCN(C(=O)c4c[nH]c5c(OC)cccc5c4=O)C3)cc2n1. The van der Waals surface area contributed by atoms with Crippen molar-refractivity contribution in [3.05, 3.63) is 74.1 Å². The van der Waals surface area contributed by atoms with E-state index in [9.17, 15) is 14.4 Å². The summed E-state index contributed by atoms with van der Waals surface area (Å²) in [6.07, 6.45) is 3.83. The summed E-state index contributed by atoms with van der Waals surface area (Å²) in [6, 6.07) is 8.60. The first kappa shape index (κ1) is 21.0. The zero-order chi connectivity index (χ0) is 23.1. The number of ether oxygens (including phenoxy) is 1. The van der Waals surface area contributed by atoms with E-state index in [0.29, 0.717) is 41.8 Å². The number of fused-ring (bicyclic) bond motifs is 2. The third-order valence-corrected chi connectivity index (χ3v) is 6.36. The van der Waals surface area contributed by atoms with Gasteiger partial charge in [0.15, 0.2) is 5.65 Å². The Morgan fingerprint density at radius 3 is 2.91 bits per heavy atom. The van der Waals surface area contributed by atoms with Crippen LogP contribution in [-0.4, -0.2) is 50.6 Å². The standard InChI is InChI=1S/C24H25N5O4/c1-3-15-10-21(30)29-20(26-15)11-18(27-29)14-6-5-9-28(13-14)24(32)17-12-25-22-16(23(17)31)7-4-8-19(22)33-2/h4,7-8,10-12,14,27H,3,5-6,9,13H2,1-2H3,(H,25,31). The predicted octanol–water partition coefficient (Wildman–Crippen LogP) is 2.45. The van der Waals surface area contributed by atoms with Crippen molar-refractivity contribution >= 4 is 22.5 Å². The highest BCUT2D eigenvalue weighted by Gasteiger charge is 2.28. The summed E-state index contributed by atoms with van der Waals surface area (Å²) in [4.78, 5) is 48.0. The average molecular weight is 447 g/mol. The number of piperidine rings is 1. The Labute approximate surface area is 189 Å². The van der Waals surface area contributed by atoms with Gasteiger partial charge < -0.3 is 14.6 Å². The van der Waals surface area contributed by atoms with Crippen molar-refractivity contribution in [2.75, 3.05) is 20.2 Å². The highest BCUT2D eigenvalue weighted by atomic mass is 16.5. The van der Waals surface area contributed by atoms with E-state index >= 15 is 0 Å². The minimum atomic E-state index is -0.316. The van der Waals surface area contributed by atoms with Crippen LogP contribution >= 0.6 is 0 Å². The van der Waals surface area contributed by atoms with Gasteiger partial charge in [0.2, 0.25) is 5.43 Å². The van der Waals surface area contributed by atoms with Crippen LogP contribution in [0, 0.1) is 0 Å². The lowest BCUT2D eigenvalue weighted by atomic mass is 9.94. The first-order valence-electron chi connectivity index (χ1n) is 11.1. The molecular weight excluding hydrogens is 422 g/mol. The number of para-hydroxylation sites is 1. The molecule has 1 saturated heterocycles. The topological polar surface area (TPSA) is 113 Å². The number of aromatic amines is 2. The van der Waals surface area contributed by atoms with Crippen molar-refractivity contribution in [1.82, 2.24) is 24.5 Å². The lowest BCUT2D eigenvalue weighted by Crippen LogP contribution is -2.41. The lowest BCUT2D eigenvalue weighted by Gasteiger charge is -2.32. The molecule has 0 aliphatic carbocycles. The van der Waals surface area contributed by atoms with E-state index in [4.69, 9.17) is 4.74 Å². The minimum Gasteiger partial charge on any atom is -0.495 e. The molecule has 1 unspecified atom stereocenters. The molecule has 1 atom stereocenters. The Hall–Kier alpha value is -3.88. The molecular formula is C24H25N5O4. The summed E-state index contributed by atoms with van der Waals surface area (Å²) in [5, 5.41) is 3.57. The number of rotatable bonds is 4. The van der Waals surface area contributed by atoms with E-state index in [1.54, 1.807) is 23.1 Å². The van der Waals surface area contributed by atoms with Crippen LogP contribution < -0.4 is 15.7 Å². The molecule has 1 aromatic carbocycles. The third kappa shape index (κ3) is 3.59. The highest BCUT2D eigenvalue weighted by molar-refractivity contribution is 5.98. The summed E-state index contributed by atoms with van der Waals surface area (Å²) >= 11 is 0. The van der Waals surface area contributed by atoms with Crippen LogP contribution in [0.5, 0.6) is 5.75 Å². The van der Waals surface area contributed by atoms with Crippen LogP contribution in [0.25, 0.3) is 16.6 Å². The molecule has 9 heteroatoms. The van der Waals surface area contributed by atoms with Crippen LogP contribution in [0.15, 0.2) is 46.1 Å². The Balaban J connectivity index is 1.44. The number of pyridine rings is 1. The zero-order valence-electron chi connectivity index (χ0n) is 18.6. The molecule has 1 aliphatic heterocycles. The number of nitrogens with zero attached hydrogens (tertiary/aromatic N) is 3. The molecule has 0 radical (unpaired) electrons. The van der Waals surface area contributed by atoms with E-state index < -0.39 is 0 Å². The molecule has 1 fully saturated rings. The summed E-state index contributed by atoms with van der Waals surface area (Å²) in [7, 11) is 1.54. The summed E-state index contributed by atoms with van der Waals surface area (Å²) < 4.78 is 6.75. The predicted molar refractivity (Wildman–Crippen MR) is 124 cm³/mol. The van der Waals surface area contributed by atoms with Gasteiger partial charge in [-0.1, -0.05) is 13.0 Å². The number of methoxy groups -OCH3 is 1. The second-order valence-corrected chi connectivity index (χ2v) is 8.35. The summed E-state index contributed by atoms with van der Waals surface area (Å²) in [5.74, 6) is 0.273. The molecule has 0 spiro atoms. The van der Waals surface area contributed by atoms with Gasteiger partial charge in [-0.25, -0.2) is 9.50 Å². The van der Waals surface area contributed by atoms with Gasteiger partial charge in [-0.05, 0) is 31.4 Å². The molecule has 4 heterocycles. The molecule has 0 bridgehead atoms. The maximum Gasteiger partial charge on any atom is 0.272 e. The maximum atomic E-state index is 13.3. The molecule has 1 aliphatic rings. The van der Waals surface area contributed by atoms with E-state index in [1.165, 1.54) is 23.9 Å². The minimum absolute atomic E-state index is 0.0218. The average Bonchev–Trinajstić information content (AvgIpc) is 3.28. The number of carbonyl (C=O) groups excluding carboxylic acids is 1. The molecule has 1 amide bonds. The smallest absolute Gasteiger partial charge is 0.272 e. The molecule has 3 aromatic heterocycles. The van der Waals surface area contributed by atoms with Crippen LogP contribution in [0.2, 0.25) is 0 Å². The Bertz CT molecular complexity index is 1480. The van der Waals surface area contributed by atoms with Crippen LogP contribution in [-0.2, 0) is 6.42 Å². The fourth-order valence-corrected chi connectivity index (χ4v) is 4.59. The van der Waals surface area contributed by atoms with Gasteiger partial charge >= 0.3 is 0 Å². The molecule has 170 valence electrons. The van der Waals surface area contributed by atoms with Crippen LogP contribution in [0.3, 0.4) is 0 Å². The number of carbonyl (C=O) groups is 1. The number of hydrogen-bond donors (Lipinski definition) is 2. The van der Waals surface area contributed by atoms with E-state index in [-0.39, 0.29) is 28.4 Å². The highest BCUT2D eigenvalue weighted by Crippen LogP contribution is 2.27. The molecule has 9 nitrogen and oxygen atoms in total. The number of nitrogens with one attached hydrogen (secondary N) is 2. The second-order valence-electron chi connectivity index (χ2n) is 8.35. The summed E-state index contributed by atoms with van der Waals surface area (Å²) in [5.41, 5.74) is 2.41.